The molecule has 2 aromatic rings. The van der Waals surface area contributed by atoms with E-state index in [0.29, 0.717) is 31.5 Å². The van der Waals surface area contributed by atoms with Crippen LogP contribution in [-0.2, 0) is 0 Å². The summed E-state index contributed by atoms with van der Waals surface area (Å²) in [6.45, 7) is 1.22. The third-order valence-electron chi connectivity index (χ3n) is 5.66. The zero-order valence-corrected chi connectivity index (χ0v) is 14.4. The molecule has 1 saturated heterocycles. The van der Waals surface area contributed by atoms with Crippen LogP contribution in [0.15, 0.2) is 48.5 Å². The molecule has 0 spiro atoms. The Bertz CT molecular complexity index is 806. The molecule has 2 aliphatic rings. The lowest BCUT2D eigenvalue weighted by Gasteiger charge is -2.31. The Morgan fingerprint density at radius 1 is 0.923 bits per heavy atom. The van der Waals surface area contributed by atoms with E-state index in [0.717, 1.165) is 11.1 Å². The number of hydrogen-bond acceptors (Lipinski definition) is 3. The van der Waals surface area contributed by atoms with Gasteiger partial charge in [-0.05, 0) is 60.1 Å². The van der Waals surface area contributed by atoms with Crippen LogP contribution in [0, 0.1) is 17.7 Å². The molecule has 4 nitrogen and oxygen atoms in total. The molecule has 1 aliphatic carbocycles. The summed E-state index contributed by atoms with van der Waals surface area (Å²) in [6.07, 6.45) is -0.303. The highest BCUT2D eigenvalue weighted by molar-refractivity contribution is 5.95. The highest BCUT2D eigenvalue weighted by Gasteiger charge is 2.42. The van der Waals surface area contributed by atoms with E-state index in [1.165, 1.54) is 12.1 Å². The number of benzene rings is 2. The molecule has 4 rings (SSSR count). The van der Waals surface area contributed by atoms with E-state index in [9.17, 15) is 19.4 Å². The molecular weight excluding hydrogens is 333 g/mol. The fourth-order valence-corrected chi connectivity index (χ4v) is 4.26. The molecule has 26 heavy (non-hydrogen) atoms. The van der Waals surface area contributed by atoms with E-state index in [4.69, 9.17) is 0 Å². The normalized spacial score (nSPS) is 28.0. The topological polar surface area (TPSA) is 60.8 Å². The maximum Gasteiger partial charge on any atom is 0.253 e. The zero-order chi connectivity index (χ0) is 18.3. The van der Waals surface area contributed by atoms with Crippen LogP contribution in [0.2, 0.25) is 0 Å². The SMILES string of the molecule is O=C(c1cccc(-c2cccc(F)c2)c1)N1C[C@H]2C[C@H](O)[C@@H](O)C[C@H]2C1. The number of aliphatic hydroxyl groups is 2. The van der Waals surface area contributed by atoms with Crippen molar-refractivity contribution in [3.63, 3.8) is 0 Å². The molecule has 2 N–H and O–H groups in total. The summed E-state index contributed by atoms with van der Waals surface area (Å²) >= 11 is 0. The van der Waals surface area contributed by atoms with Gasteiger partial charge >= 0.3 is 0 Å². The second-order valence-electron chi connectivity index (χ2n) is 7.43. The standard InChI is InChI=1S/C21H22FNO3/c22-18-6-2-4-14(8-18)13-3-1-5-15(7-13)21(26)23-11-16-9-19(24)20(25)10-17(16)12-23/h1-8,16-17,19-20,24-25H,9-12H2/t16-,17+,19-,20-/m0/s1. The smallest absolute Gasteiger partial charge is 0.253 e. The minimum absolute atomic E-state index is 0.0540. The van der Waals surface area contributed by atoms with Crippen molar-refractivity contribution in [3.05, 3.63) is 59.9 Å². The van der Waals surface area contributed by atoms with Crippen LogP contribution in [0.5, 0.6) is 0 Å². The molecular formula is C21H22FNO3. The van der Waals surface area contributed by atoms with Crippen molar-refractivity contribution < 1.29 is 19.4 Å². The van der Waals surface area contributed by atoms with E-state index in [1.54, 1.807) is 18.2 Å². The molecule has 4 atom stereocenters. The molecule has 1 aliphatic heterocycles. The number of nitrogens with zero attached hydrogens (tertiary/aromatic N) is 1. The van der Waals surface area contributed by atoms with Crippen LogP contribution in [0.25, 0.3) is 11.1 Å². The second-order valence-corrected chi connectivity index (χ2v) is 7.43. The molecule has 5 heteroatoms. The fourth-order valence-electron chi connectivity index (χ4n) is 4.26. The predicted octanol–water partition coefficient (Wildman–Crippen LogP) is 2.70. The minimum Gasteiger partial charge on any atom is -0.390 e. The maximum atomic E-state index is 13.5. The molecule has 0 bridgehead atoms. The summed E-state index contributed by atoms with van der Waals surface area (Å²) in [6, 6.07) is 13.6. The van der Waals surface area contributed by atoms with Gasteiger partial charge in [-0.25, -0.2) is 4.39 Å². The Morgan fingerprint density at radius 3 is 2.12 bits per heavy atom. The van der Waals surface area contributed by atoms with Crippen molar-refractivity contribution in [2.75, 3.05) is 13.1 Å². The average Bonchev–Trinajstić information content (AvgIpc) is 3.04. The third-order valence-corrected chi connectivity index (χ3v) is 5.66. The minimum atomic E-state index is -0.692. The Kier molecular flexibility index (Phi) is 4.51. The van der Waals surface area contributed by atoms with Crippen molar-refractivity contribution in [3.8, 4) is 11.1 Å². The number of fused-ring (bicyclic) bond motifs is 1. The summed E-state index contributed by atoms with van der Waals surface area (Å²) in [5.41, 5.74) is 2.12. The van der Waals surface area contributed by atoms with Crippen LogP contribution >= 0.6 is 0 Å². The Balaban J connectivity index is 1.53. The Morgan fingerprint density at radius 2 is 1.50 bits per heavy atom. The first-order valence-corrected chi connectivity index (χ1v) is 9.02. The van der Waals surface area contributed by atoms with Crippen molar-refractivity contribution in [1.82, 2.24) is 4.90 Å². The quantitative estimate of drug-likeness (QED) is 0.871. The number of likely N-dealkylation sites (tertiary alicyclic amines) is 1. The highest BCUT2D eigenvalue weighted by Crippen LogP contribution is 2.37. The van der Waals surface area contributed by atoms with Crippen LogP contribution in [0.3, 0.4) is 0 Å². The van der Waals surface area contributed by atoms with Crippen molar-refractivity contribution in [1.29, 1.82) is 0 Å². The number of aliphatic hydroxyl groups excluding tert-OH is 2. The van der Waals surface area contributed by atoms with Gasteiger partial charge in [0.2, 0.25) is 0 Å². The maximum absolute atomic E-state index is 13.5. The number of rotatable bonds is 2. The van der Waals surface area contributed by atoms with Crippen LogP contribution in [0.4, 0.5) is 4.39 Å². The van der Waals surface area contributed by atoms with Gasteiger partial charge in [0.05, 0.1) is 12.2 Å². The zero-order valence-electron chi connectivity index (χ0n) is 14.4. The van der Waals surface area contributed by atoms with Gasteiger partial charge in [-0.15, -0.1) is 0 Å². The average molecular weight is 355 g/mol. The van der Waals surface area contributed by atoms with Gasteiger partial charge in [0.15, 0.2) is 0 Å². The lowest BCUT2D eigenvalue weighted by atomic mass is 9.79. The highest BCUT2D eigenvalue weighted by atomic mass is 19.1. The van der Waals surface area contributed by atoms with Crippen molar-refractivity contribution in [2.24, 2.45) is 11.8 Å². The molecule has 136 valence electrons. The first-order valence-electron chi connectivity index (χ1n) is 9.02. The van der Waals surface area contributed by atoms with E-state index in [1.807, 2.05) is 23.1 Å². The van der Waals surface area contributed by atoms with E-state index >= 15 is 0 Å². The second kappa shape index (κ2) is 6.82. The van der Waals surface area contributed by atoms with Crippen LogP contribution in [-0.4, -0.2) is 46.3 Å². The van der Waals surface area contributed by atoms with Gasteiger partial charge in [-0.1, -0.05) is 24.3 Å². The summed E-state index contributed by atoms with van der Waals surface area (Å²) in [5.74, 6) is 0.120. The van der Waals surface area contributed by atoms with Gasteiger partial charge in [0, 0.05) is 18.7 Å². The first kappa shape index (κ1) is 17.2. The van der Waals surface area contributed by atoms with Gasteiger partial charge in [0.1, 0.15) is 5.82 Å². The third kappa shape index (κ3) is 3.24. The fraction of sp³-hybridized carbons (Fsp3) is 0.381. The van der Waals surface area contributed by atoms with E-state index < -0.39 is 12.2 Å². The largest absolute Gasteiger partial charge is 0.390 e. The van der Waals surface area contributed by atoms with E-state index in [2.05, 4.69) is 0 Å². The first-order chi connectivity index (χ1) is 12.5. The van der Waals surface area contributed by atoms with Crippen LogP contribution < -0.4 is 0 Å². The van der Waals surface area contributed by atoms with Crippen molar-refractivity contribution >= 4 is 5.91 Å². The van der Waals surface area contributed by atoms with Gasteiger partial charge in [-0.2, -0.15) is 0 Å². The summed E-state index contributed by atoms with van der Waals surface area (Å²) in [7, 11) is 0. The monoisotopic (exact) mass is 355 g/mol. The molecule has 1 saturated carbocycles. The molecule has 0 aromatic heterocycles. The summed E-state index contributed by atoms with van der Waals surface area (Å²) < 4.78 is 13.5. The van der Waals surface area contributed by atoms with Gasteiger partial charge in [0.25, 0.3) is 5.91 Å². The summed E-state index contributed by atoms with van der Waals surface area (Å²) in [5, 5.41) is 19.7. The molecule has 2 aromatic carbocycles. The molecule has 0 unspecified atom stereocenters. The molecule has 0 radical (unpaired) electrons. The number of halogens is 1. The number of carbonyl (C=O) groups excluding carboxylic acids is 1. The number of carbonyl (C=O) groups is 1. The molecule has 1 amide bonds. The molecule has 1 heterocycles. The van der Waals surface area contributed by atoms with Crippen molar-refractivity contribution in [2.45, 2.75) is 25.0 Å². The lowest BCUT2D eigenvalue weighted by Crippen LogP contribution is -2.38. The molecule has 2 fully saturated rings. The number of hydrogen-bond donors (Lipinski definition) is 2. The Hall–Kier alpha value is -2.24. The lowest BCUT2D eigenvalue weighted by molar-refractivity contribution is -0.0372. The Labute approximate surface area is 151 Å². The summed E-state index contributed by atoms with van der Waals surface area (Å²) in [4.78, 5) is 14.7. The number of amides is 1. The van der Waals surface area contributed by atoms with Gasteiger partial charge < -0.3 is 15.1 Å². The van der Waals surface area contributed by atoms with Crippen LogP contribution in [0.1, 0.15) is 23.2 Å². The van der Waals surface area contributed by atoms with E-state index in [-0.39, 0.29) is 23.6 Å². The van der Waals surface area contributed by atoms with Gasteiger partial charge in [-0.3, -0.25) is 4.79 Å². The predicted molar refractivity (Wildman–Crippen MR) is 96.0 cm³/mol.